The largest absolute Gasteiger partial charge is 0.489 e. The molecule has 1 heterocycles. The van der Waals surface area contributed by atoms with Crippen molar-refractivity contribution in [3.05, 3.63) is 99.8 Å². The summed E-state index contributed by atoms with van der Waals surface area (Å²) >= 11 is 0. The molecule has 0 spiro atoms. The molecule has 0 saturated carbocycles. The Hall–Kier alpha value is -3.33. The van der Waals surface area contributed by atoms with E-state index < -0.39 is 0 Å². The fourth-order valence-corrected chi connectivity index (χ4v) is 3.29. The third-order valence-electron chi connectivity index (χ3n) is 4.88. The van der Waals surface area contributed by atoms with E-state index in [1.54, 1.807) is 18.2 Å². The molecule has 4 rings (SSSR count). The van der Waals surface area contributed by atoms with E-state index in [9.17, 15) is 4.79 Å². The predicted molar refractivity (Wildman–Crippen MR) is 111 cm³/mol. The number of hydrogen-bond acceptors (Lipinski definition) is 3. The third kappa shape index (κ3) is 3.70. The molecule has 140 valence electrons. The van der Waals surface area contributed by atoms with Crippen molar-refractivity contribution < 1.29 is 14.3 Å². The highest BCUT2D eigenvalue weighted by molar-refractivity contribution is 6.14. The van der Waals surface area contributed by atoms with Crippen LogP contribution in [0.2, 0.25) is 0 Å². The highest BCUT2D eigenvalue weighted by atomic mass is 16.5. The van der Waals surface area contributed by atoms with Crippen molar-refractivity contribution in [3.8, 4) is 11.5 Å². The molecule has 0 atom stereocenters. The molecule has 3 nitrogen and oxygen atoms in total. The topological polar surface area (TPSA) is 35.5 Å². The van der Waals surface area contributed by atoms with E-state index in [1.807, 2.05) is 37.3 Å². The van der Waals surface area contributed by atoms with Crippen LogP contribution in [0.15, 0.2) is 66.4 Å². The van der Waals surface area contributed by atoms with Crippen LogP contribution in [-0.2, 0) is 6.61 Å². The first-order valence-electron chi connectivity index (χ1n) is 9.33. The van der Waals surface area contributed by atoms with Gasteiger partial charge in [-0.3, -0.25) is 4.79 Å². The van der Waals surface area contributed by atoms with Gasteiger partial charge in [0.25, 0.3) is 0 Å². The van der Waals surface area contributed by atoms with Gasteiger partial charge in [-0.25, -0.2) is 0 Å². The van der Waals surface area contributed by atoms with Crippen LogP contribution in [0, 0.1) is 20.8 Å². The second-order valence-electron chi connectivity index (χ2n) is 7.23. The summed E-state index contributed by atoms with van der Waals surface area (Å²) in [5.74, 6) is 1.47. The van der Waals surface area contributed by atoms with Crippen LogP contribution in [0.5, 0.6) is 11.5 Å². The molecule has 0 radical (unpaired) electrons. The zero-order valence-corrected chi connectivity index (χ0v) is 16.3. The van der Waals surface area contributed by atoms with Gasteiger partial charge < -0.3 is 9.47 Å². The third-order valence-corrected chi connectivity index (χ3v) is 4.88. The van der Waals surface area contributed by atoms with E-state index >= 15 is 0 Å². The fourth-order valence-electron chi connectivity index (χ4n) is 3.29. The highest BCUT2D eigenvalue weighted by Crippen LogP contribution is 2.35. The maximum Gasteiger partial charge on any atom is 0.231 e. The van der Waals surface area contributed by atoms with Crippen molar-refractivity contribution in [2.24, 2.45) is 0 Å². The van der Waals surface area contributed by atoms with Gasteiger partial charge in [0, 0.05) is 6.07 Å². The Labute approximate surface area is 165 Å². The van der Waals surface area contributed by atoms with Crippen LogP contribution in [0.4, 0.5) is 0 Å². The monoisotopic (exact) mass is 370 g/mol. The maximum atomic E-state index is 12.6. The van der Waals surface area contributed by atoms with Crippen molar-refractivity contribution in [1.29, 1.82) is 0 Å². The summed E-state index contributed by atoms with van der Waals surface area (Å²) < 4.78 is 11.8. The Morgan fingerprint density at radius 1 is 0.929 bits per heavy atom. The summed E-state index contributed by atoms with van der Waals surface area (Å²) in [4.78, 5) is 12.6. The number of rotatable bonds is 4. The molecule has 3 aromatic carbocycles. The number of carbonyl (C=O) groups is 1. The summed E-state index contributed by atoms with van der Waals surface area (Å²) in [7, 11) is 0. The summed E-state index contributed by atoms with van der Waals surface area (Å²) in [5.41, 5.74) is 6.21. The SMILES string of the molecule is Cc1cccc(C=C2Oc3cc(OCc4cc(C)ccc4C)ccc3C2=O)c1. The van der Waals surface area contributed by atoms with Crippen LogP contribution < -0.4 is 9.47 Å². The number of allylic oxidation sites excluding steroid dienone is 1. The minimum atomic E-state index is -0.0995. The number of ketones is 1. The number of carbonyl (C=O) groups excluding carboxylic acids is 1. The van der Waals surface area contributed by atoms with Gasteiger partial charge in [-0.1, -0.05) is 53.6 Å². The molecule has 0 amide bonds. The number of ether oxygens (including phenoxy) is 2. The van der Waals surface area contributed by atoms with E-state index in [-0.39, 0.29) is 5.78 Å². The lowest BCUT2D eigenvalue weighted by Gasteiger charge is -2.10. The van der Waals surface area contributed by atoms with Crippen molar-refractivity contribution in [2.75, 3.05) is 0 Å². The lowest BCUT2D eigenvalue weighted by Crippen LogP contribution is -1.99. The normalized spacial score (nSPS) is 14.1. The Bertz CT molecular complexity index is 1090. The molecule has 28 heavy (non-hydrogen) atoms. The van der Waals surface area contributed by atoms with Crippen molar-refractivity contribution in [3.63, 3.8) is 0 Å². The minimum absolute atomic E-state index is 0.0995. The second-order valence-corrected chi connectivity index (χ2v) is 7.23. The molecular formula is C25H22O3. The maximum absolute atomic E-state index is 12.6. The van der Waals surface area contributed by atoms with Gasteiger partial charge in [0.1, 0.15) is 18.1 Å². The quantitative estimate of drug-likeness (QED) is 0.544. The number of fused-ring (bicyclic) bond motifs is 1. The molecule has 0 fully saturated rings. The standard InChI is InChI=1S/C25H22O3/c1-16-5-4-6-19(11-16)13-24-25(26)22-10-9-21(14-23(22)28-24)27-15-20-12-17(2)7-8-18(20)3/h4-14H,15H2,1-3H3. The summed E-state index contributed by atoms with van der Waals surface area (Å²) in [5, 5.41) is 0. The average molecular weight is 370 g/mol. The van der Waals surface area contributed by atoms with E-state index in [4.69, 9.17) is 9.47 Å². The minimum Gasteiger partial charge on any atom is -0.489 e. The molecule has 0 bridgehead atoms. The molecule has 3 heteroatoms. The van der Waals surface area contributed by atoms with Gasteiger partial charge in [-0.15, -0.1) is 0 Å². The van der Waals surface area contributed by atoms with E-state index in [1.165, 1.54) is 11.1 Å². The van der Waals surface area contributed by atoms with Gasteiger partial charge in [0.05, 0.1) is 5.56 Å². The van der Waals surface area contributed by atoms with Crippen LogP contribution in [0.1, 0.15) is 38.2 Å². The molecule has 0 aromatic heterocycles. The van der Waals surface area contributed by atoms with Gasteiger partial charge in [0.2, 0.25) is 5.78 Å². The Kier molecular flexibility index (Phi) is 4.74. The number of Topliss-reactive ketones (excluding diaryl/α,β-unsaturated/α-hetero) is 1. The molecule has 0 unspecified atom stereocenters. The first kappa shape index (κ1) is 18.1. The zero-order chi connectivity index (χ0) is 19.7. The molecule has 0 aliphatic carbocycles. The summed E-state index contributed by atoms with van der Waals surface area (Å²) in [6.45, 7) is 6.64. The predicted octanol–water partition coefficient (Wildman–Crippen LogP) is 5.81. The average Bonchev–Trinajstić information content (AvgIpc) is 2.97. The van der Waals surface area contributed by atoms with Gasteiger partial charge >= 0.3 is 0 Å². The van der Waals surface area contributed by atoms with Crippen molar-refractivity contribution in [1.82, 2.24) is 0 Å². The lowest BCUT2D eigenvalue weighted by atomic mass is 10.1. The molecule has 1 aliphatic rings. The van der Waals surface area contributed by atoms with Gasteiger partial charge in [-0.2, -0.15) is 0 Å². The fraction of sp³-hybridized carbons (Fsp3) is 0.160. The molecular weight excluding hydrogens is 348 g/mol. The summed E-state index contributed by atoms with van der Waals surface area (Å²) in [6, 6.07) is 19.7. The first-order chi connectivity index (χ1) is 13.5. The number of hydrogen-bond donors (Lipinski definition) is 0. The Morgan fingerprint density at radius 2 is 1.75 bits per heavy atom. The number of aryl methyl sites for hydroxylation is 3. The Balaban J connectivity index is 1.53. The van der Waals surface area contributed by atoms with Gasteiger partial charge in [0.15, 0.2) is 5.76 Å². The van der Waals surface area contributed by atoms with E-state index in [0.717, 1.165) is 16.7 Å². The molecule has 1 aliphatic heterocycles. The Morgan fingerprint density at radius 3 is 2.57 bits per heavy atom. The van der Waals surface area contributed by atoms with Crippen LogP contribution in [0.25, 0.3) is 6.08 Å². The molecule has 0 N–H and O–H groups in total. The molecule has 3 aromatic rings. The smallest absolute Gasteiger partial charge is 0.231 e. The second kappa shape index (κ2) is 7.35. The van der Waals surface area contributed by atoms with Crippen LogP contribution in [0.3, 0.4) is 0 Å². The summed E-state index contributed by atoms with van der Waals surface area (Å²) in [6.07, 6.45) is 1.78. The lowest BCUT2D eigenvalue weighted by molar-refractivity contribution is 0.101. The van der Waals surface area contributed by atoms with E-state index in [0.29, 0.717) is 29.4 Å². The van der Waals surface area contributed by atoms with E-state index in [2.05, 4.69) is 32.0 Å². The first-order valence-corrected chi connectivity index (χ1v) is 9.33. The van der Waals surface area contributed by atoms with Crippen LogP contribution in [-0.4, -0.2) is 5.78 Å². The number of benzene rings is 3. The van der Waals surface area contributed by atoms with Crippen molar-refractivity contribution in [2.45, 2.75) is 27.4 Å². The highest BCUT2D eigenvalue weighted by Gasteiger charge is 2.27. The van der Waals surface area contributed by atoms with Crippen LogP contribution >= 0.6 is 0 Å². The van der Waals surface area contributed by atoms with Gasteiger partial charge in [-0.05, 0) is 55.7 Å². The van der Waals surface area contributed by atoms with Crippen molar-refractivity contribution >= 4 is 11.9 Å². The molecule has 0 saturated heterocycles. The zero-order valence-electron chi connectivity index (χ0n) is 16.3.